The van der Waals surface area contributed by atoms with Crippen molar-refractivity contribution in [3.8, 4) is 0 Å². The van der Waals surface area contributed by atoms with Crippen molar-refractivity contribution in [2.75, 3.05) is 19.5 Å². The molecule has 0 saturated heterocycles. The molecule has 0 amide bonds. The zero-order valence-electron chi connectivity index (χ0n) is 17.7. The van der Waals surface area contributed by atoms with Gasteiger partial charge in [0.2, 0.25) is 5.28 Å². The van der Waals surface area contributed by atoms with Crippen LogP contribution in [0.3, 0.4) is 0 Å². The van der Waals surface area contributed by atoms with E-state index in [1.807, 2.05) is 0 Å². The van der Waals surface area contributed by atoms with E-state index in [2.05, 4.69) is 15.0 Å². The number of nitrogens with two attached hydrogens (primary N) is 1. The van der Waals surface area contributed by atoms with Crippen molar-refractivity contribution in [1.29, 1.82) is 0 Å². The van der Waals surface area contributed by atoms with Crippen LogP contribution in [0.1, 0.15) is 11.8 Å². The zero-order chi connectivity index (χ0) is 25.0. The number of fused-ring (bicyclic) bond motifs is 1. The molecule has 3 atom stereocenters. The van der Waals surface area contributed by atoms with Crippen LogP contribution in [0.2, 0.25) is 5.28 Å². The maximum Gasteiger partial charge on any atom is 0.348 e. The van der Waals surface area contributed by atoms with E-state index in [0.717, 1.165) is 18.0 Å². The van der Waals surface area contributed by atoms with Crippen LogP contribution >= 0.6 is 11.6 Å². The van der Waals surface area contributed by atoms with Crippen LogP contribution in [0, 0.1) is 0 Å². The summed E-state index contributed by atoms with van der Waals surface area (Å²) >= 11 is 5.78. The van der Waals surface area contributed by atoms with Gasteiger partial charge in [-0.3, -0.25) is 4.57 Å². The van der Waals surface area contributed by atoms with E-state index < -0.39 is 49.1 Å². The Kier molecular flexibility index (Phi) is 7.61. The van der Waals surface area contributed by atoms with Crippen LogP contribution in [0.25, 0.3) is 11.2 Å². The van der Waals surface area contributed by atoms with Crippen LogP contribution in [-0.2, 0) is 25.5 Å². The van der Waals surface area contributed by atoms with Gasteiger partial charge in [-0.2, -0.15) is 9.97 Å². The van der Waals surface area contributed by atoms with Crippen LogP contribution in [-0.4, -0.2) is 78.4 Å². The van der Waals surface area contributed by atoms with E-state index in [1.54, 1.807) is 18.2 Å². The third-order valence-corrected chi connectivity index (χ3v) is 5.30. The highest BCUT2D eigenvalue weighted by molar-refractivity contribution is 6.28. The Labute approximate surface area is 196 Å². The Hall–Kier alpha value is -3.39. The molecule has 3 rings (SSSR count). The minimum atomic E-state index is -2.72. The molecule has 0 bridgehead atoms. The molecule has 2 heterocycles. The summed E-state index contributed by atoms with van der Waals surface area (Å²) in [5, 5.41) is 29.7. The fourth-order valence-electron chi connectivity index (χ4n) is 3.26. The Balaban J connectivity index is 1.84. The van der Waals surface area contributed by atoms with Gasteiger partial charge in [-0.25, -0.2) is 19.0 Å². The molecule has 12 nitrogen and oxygen atoms in total. The number of aliphatic hydroxyl groups is 1. The number of aliphatic hydroxyl groups excluding tert-OH is 1. The number of aliphatic carboxylic acids is 2. The normalized spacial score (nSPS) is 14.6. The average Bonchev–Trinajstić information content (AvgIpc) is 3.22. The summed E-state index contributed by atoms with van der Waals surface area (Å²) in [5.41, 5.74) is 3.37. The lowest BCUT2D eigenvalue weighted by molar-refractivity contribution is -0.191. The van der Waals surface area contributed by atoms with E-state index >= 15 is 4.39 Å². The van der Waals surface area contributed by atoms with Crippen LogP contribution in [0.15, 0.2) is 36.7 Å². The number of carboxylic acids is 2. The summed E-state index contributed by atoms with van der Waals surface area (Å²) in [6.45, 7) is -0.815. The van der Waals surface area contributed by atoms with Gasteiger partial charge in [0.1, 0.15) is 11.6 Å². The van der Waals surface area contributed by atoms with E-state index in [0.29, 0.717) is 5.56 Å². The molecule has 0 aliphatic heterocycles. The standard InChI is InChI=1S/C20H21ClFN5O7/c1-33-11(8-34-20(17(29)30,18(31)32)7-10-5-3-2-4-6-10)12(22)16(28)27-9-24-13-14(23)25-19(21)26-15(13)27/h2-6,9,11-12,16,28H,7-8H2,1H3,(H,29,30)(H,31,32)(H2,23,25,26)/t11-,12-,16-/m1/s1. The number of carbonyl (C=O) groups is 2. The number of alkyl halides is 1. The van der Waals surface area contributed by atoms with E-state index in [1.165, 1.54) is 12.1 Å². The number of aromatic nitrogens is 4. The fraction of sp³-hybridized carbons (Fsp3) is 0.350. The average molecular weight is 498 g/mol. The van der Waals surface area contributed by atoms with E-state index in [4.69, 9.17) is 26.8 Å². The fourth-order valence-corrected chi connectivity index (χ4v) is 3.44. The number of hydrogen-bond donors (Lipinski definition) is 4. The first kappa shape index (κ1) is 25.2. The number of methoxy groups -OCH3 is 1. The third-order valence-electron chi connectivity index (χ3n) is 5.13. The molecule has 0 spiro atoms. The minimum absolute atomic E-state index is 0.0575. The van der Waals surface area contributed by atoms with Gasteiger partial charge in [-0.1, -0.05) is 30.3 Å². The van der Waals surface area contributed by atoms with Crippen molar-refractivity contribution in [3.63, 3.8) is 0 Å². The molecule has 14 heteroatoms. The number of ether oxygens (including phenoxy) is 2. The van der Waals surface area contributed by atoms with E-state index in [-0.39, 0.29) is 22.3 Å². The number of rotatable bonds is 11. The lowest BCUT2D eigenvalue weighted by Crippen LogP contribution is -2.53. The second kappa shape index (κ2) is 10.3. The van der Waals surface area contributed by atoms with E-state index in [9.17, 15) is 24.9 Å². The molecule has 5 N–H and O–H groups in total. The monoisotopic (exact) mass is 497 g/mol. The van der Waals surface area contributed by atoms with Crippen molar-refractivity contribution < 1.29 is 38.8 Å². The van der Waals surface area contributed by atoms with Gasteiger partial charge < -0.3 is 30.5 Å². The smallest absolute Gasteiger partial charge is 0.348 e. The molecule has 0 aliphatic carbocycles. The Morgan fingerprint density at radius 1 is 1.24 bits per heavy atom. The maximum absolute atomic E-state index is 15.3. The molecule has 2 aromatic heterocycles. The number of hydrogen-bond acceptors (Lipinski definition) is 9. The molecule has 0 unspecified atom stereocenters. The second-order valence-electron chi connectivity index (χ2n) is 7.24. The predicted octanol–water partition coefficient (Wildman–Crippen LogP) is 1.07. The predicted molar refractivity (Wildman–Crippen MR) is 116 cm³/mol. The Bertz CT molecular complexity index is 1160. The van der Waals surface area contributed by atoms with Crippen molar-refractivity contribution in [3.05, 3.63) is 47.5 Å². The highest BCUT2D eigenvalue weighted by atomic mass is 35.5. The first-order valence-electron chi connectivity index (χ1n) is 9.76. The van der Waals surface area contributed by atoms with Gasteiger partial charge in [0, 0.05) is 13.5 Å². The summed E-state index contributed by atoms with van der Waals surface area (Å²) in [5.74, 6) is -3.65. The number of carboxylic acid groups (broad SMARTS) is 2. The quantitative estimate of drug-likeness (QED) is 0.219. The van der Waals surface area contributed by atoms with Gasteiger partial charge in [0.05, 0.1) is 12.9 Å². The number of halogens is 2. The van der Waals surface area contributed by atoms with Gasteiger partial charge >= 0.3 is 11.9 Å². The summed E-state index contributed by atoms with van der Waals surface area (Å²) in [6, 6.07) is 7.95. The Morgan fingerprint density at radius 3 is 2.47 bits per heavy atom. The Morgan fingerprint density at radius 2 is 1.88 bits per heavy atom. The van der Waals surface area contributed by atoms with Gasteiger partial charge in [-0.05, 0) is 17.2 Å². The van der Waals surface area contributed by atoms with Crippen molar-refractivity contribution in [2.45, 2.75) is 30.5 Å². The van der Waals surface area contributed by atoms with Gasteiger partial charge in [-0.15, -0.1) is 0 Å². The molecule has 34 heavy (non-hydrogen) atoms. The molecule has 0 aliphatic rings. The SMILES string of the molecule is CO[C@H](COC(Cc1ccccc1)(C(=O)O)C(=O)O)[C@@H](F)[C@@H](O)n1cnc2c(N)nc(Cl)nc21. The van der Waals surface area contributed by atoms with Crippen molar-refractivity contribution in [2.24, 2.45) is 0 Å². The van der Waals surface area contributed by atoms with Crippen LogP contribution in [0.5, 0.6) is 0 Å². The maximum atomic E-state index is 15.3. The topological polar surface area (TPSA) is 183 Å². The molecule has 1 aromatic carbocycles. The number of benzene rings is 1. The molecule has 0 fully saturated rings. The third kappa shape index (κ3) is 4.92. The molecular formula is C20H21ClFN5O7. The molecular weight excluding hydrogens is 477 g/mol. The number of imidazole rings is 1. The highest BCUT2D eigenvalue weighted by Gasteiger charge is 2.49. The summed E-state index contributed by atoms with van der Waals surface area (Å²) < 4.78 is 26.5. The largest absolute Gasteiger partial charge is 0.479 e. The lowest BCUT2D eigenvalue weighted by atomic mass is 9.94. The number of anilines is 1. The van der Waals surface area contributed by atoms with Crippen LogP contribution in [0.4, 0.5) is 10.2 Å². The summed E-state index contributed by atoms with van der Waals surface area (Å²) in [4.78, 5) is 35.4. The van der Waals surface area contributed by atoms with Crippen molar-refractivity contribution >= 4 is 40.5 Å². The van der Waals surface area contributed by atoms with Gasteiger partial charge in [0.15, 0.2) is 23.9 Å². The highest BCUT2D eigenvalue weighted by Crippen LogP contribution is 2.27. The van der Waals surface area contributed by atoms with Crippen molar-refractivity contribution in [1.82, 2.24) is 19.5 Å². The first-order valence-corrected chi connectivity index (χ1v) is 10.1. The second-order valence-corrected chi connectivity index (χ2v) is 7.58. The summed E-state index contributed by atoms with van der Waals surface area (Å²) in [6.07, 6.45) is -5.21. The van der Waals surface area contributed by atoms with Gasteiger partial charge in [0.25, 0.3) is 5.60 Å². The minimum Gasteiger partial charge on any atom is -0.479 e. The lowest BCUT2D eigenvalue weighted by Gasteiger charge is -2.30. The van der Waals surface area contributed by atoms with Crippen LogP contribution < -0.4 is 5.73 Å². The first-order chi connectivity index (χ1) is 16.1. The molecule has 0 saturated carbocycles. The molecule has 0 radical (unpaired) electrons. The molecule has 3 aromatic rings. The number of nitrogen functional groups attached to an aromatic ring is 1. The summed E-state index contributed by atoms with van der Waals surface area (Å²) in [7, 11) is 1.09. The number of nitrogens with zero attached hydrogens (tertiary/aromatic N) is 4. The molecule has 182 valence electrons. The zero-order valence-corrected chi connectivity index (χ0v) is 18.5.